The van der Waals surface area contributed by atoms with Gasteiger partial charge in [-0.2, -0.15) is 13.2 Å². The Balaban J connectivity index is 2.03. The number of benzene rings is 1. The van der Waals surface area contributed by atoms with Crippen molar-refractivity contribution in [3.05, 3.63) is 29.3 Å². The van der Waals surface area contributed by atoms with Gasteiger partial charge in [0.1, 0.15) is 6.54 Å². The fourth-order valence-corrected chi connectivity index (χ4v) is 2.48. The number of rotatable bonds is 5. The molecule has 0 radical (unpaired) electrons. The third-order valence-electron chi connectivity index (χ3n) is 3.95. The Hall–Kier alpha value is -2.13. The summed E-state index contributed by atoms with van der Waals surface area (Å²) in [5, 5.41) is 7.54. The van der Waals surface area contributed by atoms with Gasteiger partial charge < -0.3 is 20.7 Å². The summed E-state index contributed by atoms with van der Waals surface area (Å²) in [5.74, 6) is -1.14. The number of anilines is 1. The third-order valence-corrected chi connectivity index (χ3v) is 3.95. The van der Waals surface area contributed by atoms with Crippen LogP contribution in [0.4, 0.5) is 18.9 Å². The van der Waals surface area contributed by atoms with Crippen LogP contribution in [0.5, 0.6) is 0 Å². The van der Waals surface area contributed by atoms with Crippen LogP contribution in [0.2, 0.25) is 0 Å². The smallest absolute Gasteiger partial charge is 0.380 e. The van der Waals surface area contributed by atoms with Gasteiger partial charge in [0, 0.05) is 24.9 Å². The Bertz CT molecular complexity index is 649. The van der Waals surface area contributed by atoms with E-state index in [-0.39, 0.29) is 17.6 Å². The molecular formula is C16H20F3N3O3. The van der Waals surface area contributed by atoms with Crippen LogP contribution >= 0.6 is 0 Å². The van der Waals surface area contributed by atoms with Gasteiger partial charge in [0.2, 0.25) is 5.91 Å². The first-order valence-corrected chi connectivity index (χ1v) is 7.72. The van der Waals surface area contributed by atoms with Gasteiger partial charge in [0.15, 0.2) is 0 Å². The van der Waals surface area contributed by atoms with Crippen molar-refractivity contribution in [2.24, 2.45) is 0 Å². The number of amides is 2. The Morgan fingerprint density at radius 2 is 2.08 bits per heavy atom. The topological polar surface area (TPSA) is 79.5 Å². The fraction of sp³-hybridized carbons (Fsp3) is 0.500. The summed E-state index contributed by atoms with van der Waals surface area (Å²) >= 11 is 0. The number of carbonyl (C=O) groups excluding carboxylic acids is 2. The van der Waals surface area contributed by atoms with Gasteiger partial charge in [-0.05, 0) is 31.0 Å². The molecule has 0 spiro atoms. The van der Waals surface area contributed by atoms with Crippen LogP contribution in [0.15, 0.2) is 18.2 Å². The number of alkyl halides is 3. The normalized spacial score (nSPS) is 20.4. The first-order chi connectivity index (χ1) is 11.7. The van der Waals surface area contributed by atoms with Gasteiger partial charge in [0.25, 0.3) is 5.91 Å². The van der Waals surface area contributed by atoms with E-state index in [9.17, 15) is 22.8 Å². The molecule has 1 aliphatic heterocycles. The zero-order chi connectivity index (χ0) is 18.6. The second kappa shape index (κ2) is 7.83. The SMILES string of the molecule is CO[C@@H]1CN[C@@H](C(=O)Nc2cc(C(=O)NCC(F)(F)F)ccc2C)C1. The molecule has 0 aromatic heterocycles. The molecule has 25 heavy (non-hydrogen) atoms. The van der Waals surface area contributed by atoms with Gasteiger partial charge in [-0.25, -0.2) is 0 Å². The minimum absolute atomic E-state index is 0.0410. The van der Waals surface area contributed by atoms with Gasteiger partial charge >= 0.3 is 6.18 Å². The Kier molecular flexibility index (Phi) is 6.02. The molecule has 1 aromatic carbocycles. The molecule has 1 heterocycles. The van der Waals surface area contributed by atoms with Crippen LogP contribution in [0.3, 0.4) is 0 Å². The molecule has 1 aliphatic rings. The predicted molar refractivity (Wildman–Crippen MR) is 85.4 cm³/mol. The molecule has 6 nitrogen and oxygen atoms in total. The highest BCUT2D eigenvalue weighted by Crippen LogP contribution is 2.19. The number of hydrogen-bond donors (Lipinski definition) is 3. The predicted octanol–water partition coefficient (Wildman–Crippen LogP) is 1.60. The van der Waals surface area contributed by atoms with Gasteiger partial charge in [0.05, 0.1) is 12.1 Å². The monoisotopic (exact) mass is 359 g/mol. The van der Waals surface area contributed by atoms with E-state index in [1.54, 1.807) is 25.4 Å². The van der Waals surface area contributed by atoms with Crippen molar-refractivity contribution in [1.82, 2.24) is 10.6 Å². The first-order valence-electron chi connectivity index (χ1n) is 7.72. The Morgan fingerprint density at radius 3 is 2.68 bits per heavy atom. The number of halogens is 3. The van der Waals surface area contributed by atoms with E-state index in [0.29, 0.717) is 24.2 Å². The summed E-state index contributed by atoms with van der Waals surface area (Å²) in [5.41, 5.74) is 1.12. The van der Waals surface area contributed by atoms with Crippen molar-refractivity contribution in [3.8, 4) is 0 Å². The summed E-state index contributed by atoms with van der Waals surface area (Å²) < 4.78 is 41.8. The van der Waals surface area contributed by atoms with Crippen LogP contribution in [-0.4, -0.2) is 50.3 Å². The van der Waals surface area contributed by atoms with E-state index in [4.69, 9.17) is 4.74 Å². The molecule has 2 rings (SSSR count). The molecule has 0 bridgehead atoms. The molecule has 2 atom stereocenters. The fourth-order valence-electron chi connectivity index (χ4n) is 2.48. The molecule has 138 valence electrons. The van der Waals surface area contributed by atoms with Crippen LogP contribution in [0.25, 0.3) is 0 Å². The molecule has 9 heteroatoms. The minimum Gasteiger partial charge on any atom is -0.380 e. The van der Waals surface area contributed by atoms with Crippen molar-refractivity contribution >= 4 is 17.5 Å². The molecule has 0 aliphatic carbocycles. The van der Waals surface area contributed by atoms with Crippen molar-refractivity contribution < 1.29 is 27.5 Å². The Morgan fingerprint density at radius 1 is 1.36 bits per heavy atom. The summed E-state index contributed by atoms with van der Waals surface area (Å²) in [6, 6.07) is 3.91. The average Bonchev–Trinajstić information content (AvgIpc) is 3.03. The number of hydrogen-bond acceptors (Lipinski definition) is 4. The molecule has 1 aromatic rings. The van der Waals surface area contributed by atoms with E-state index < -0.39 is 24.7 Å². The second-order valence-corrected chi connectivity index (χ2v) is 5.87. The van der Waals surface area contributed by atoms with E-state index in [1.807, 2.05) is 0 Å². The van der Waals surface area contributed by atoms with Gasteiger partial charge in [-0.3, -0.25) is 9.59 Å². The van der Waals surface area contributed by atoms with Gasteiger partial charge in [-0.1, -0.05) is 6.07 Å². The zero-order valence-corrected chi connectivity index (χ0v) is 13.9. The highest BCUT2D eigenvalue weighted by Gasteiger charge is 2.30. The molecule has 2 amide bonds. The van der Waals surface area contributed by atoms with E-state index in [2.05, 4.69) is 10.6 Å². The first kappa shape index (κ1) is 19.2. The number of carbonyl (C=O) groups is 2. The van der Waals surface area contributed by atoms with Crippen LogP contribution in [-0.2, 0) is 9.53 Å². The van der Waals surface area contributed by atoms with Crippen LogP contribution in [0, 0.1) is 6.92 Å². The number of aryl methyl sites for hydroxylation is 1. The lowest BCUT2D eigenvalue weighted by Crippen LogP contribution is -2.36. The standard InChI is InChI=1S/C16H20F3N3O3/c1-9-3-4-10(14(23)21-8-16(17,18)19)5-12(9)22-15(24)13-6-11(25-2)7-20-13/h3-5,11,13,20H,6-8H2,1-2H3,(H,21,23)(H,22,24)/t11-,13+/m0/s1. The van der Waals surface area contributed by atoms with Crippen molar-refractivity contribution in [1.29, 1.82) is 0 Å². The number of ether oxygens (including phenoxy) is 1. The highest BCUT2D eigenvalue weighted by molar-refractivity contribution is 5.99. The van der Waals surface area contributed by atoms with Crippen molar-refractivity contribution in [2.45, 2.75) is 31.7 Å². The van der Waals surface area contributed by atoms with Crippen molar-refractivity contribution in [3.63, 3.8) is 0 Å². The van der Waals surface area contributed by atoms with Crippen molar-refractivity contribution in [2.75, 3.05) is 25.5 Å². The lowest BCUT2D eigenvalue weighted by atomic mass is 10.1. The maximum absolute atomic E-state index is 12.3. The summed E-state index contributed by atoms with van der Waals surface area (Å²) in [4.78, 5) is 24.1. The van der Waals surface area contributed by atoms with Gasteiger partial charge in [-0.15, -0.1) is 0 Å². The maximum Gasteiger partial charge on any atom is 0.405 e. The third kappa shape index (κ3) is 5.43. The molecular weight excluding hydrogens is 339 g/mol. The maximum atomic E-state index is 12.3. The number of nitrogens with one attached hydrogen (secondary N) is 3. The van der Waals surface area contributed by atoms with Crippen LogP contribution < -0.4 is 16.0 Å². The van der Waals surface area contributed by atoms with E-state index in [0.717, 1.165) is 0 Å². The summed E-state index contributed by atoms with van der Waals surface area (Å²) in [6.07, 6.45) is -4.01. The lowest BCUT2D eigenvalue weighted by molar-refractivity contribution is -0.123. The lowest BCUT2D eigenvalue weighted by Gasteiger charge is -2.14. The van der Waals surface area contributed by atoms with E-state index in [1.165, 1.54) is 12.1 Å². The Labute approximate surface area is 143 Å². The summed E-state index contributed by atoms with van der Waals surface area (Å²) in [7, 11) is 1.57. The summed E-state index contributed by atoms with van der Waals surface area (Å²) in [6.45, 7) is 0.881. The van der Waals surface area contributed by atoms with E-state index >= 15 is 0 Å². The minimum atomic E-state index is -4.48. The quantitative estimate of drug-likeness (QED) is 0.746. The number of methoxy groups -OCH3 is 1. The molecule has 1 saturated heterocycles. The molecule has 3 N–H and O–H groups in total. The molecule has 0 unspecified atom stereocenters. The second-order valence-electron chi connectivity index (χ2n) is 5.87. The molecule has 1 fully saturated rings. The highest BCUT2D eigenvalue weighted by atomic mass is 19.4. The molecule has 0 saturated carbocycles. The average molecular weight is 359 g/mol. The zero-order valence-electron chi connectivity index (χ0n) is 13.9. The van der Waals surface area contributed by atoms with Crippen LogP contribution in [0.1, 0.15) is 22.3 Å². The largest absolute Gasteiger partial charge is 0.405 e.